The maximum atomic E-state index is 13.8. The minimum absolute atomic E-state index is 0.0376. The number of rotatable bonds is 24. The molecule has 2 N–H and O–H groups in total. The quantitative estimate of drug-likeness (QED) is 0.0467. The summed E-state index contributed by atoms with van der Waals surface area (Å²) in [4.78, 5) is 33.0. The van der Waals surface area contributed by atoms with Gasteiger partial charge >= 0.3 is 0 Å². The molecule has 1 aliphatic rings. The normalized spacial score (nSPS) is 13.0. The molecule has 1 heterocycles. The van der Waals surface area contributed by atoms with Gasteiger partial charge in [0, 0.05) is 49.2 Å². The Morgan fingerprint density at radius 3 is 2.11 bits per heavy atom. The van der Waals surface area contributed by atoms with Crippen LogP contribution in [0.15, 0.2) is 108 Å². The van der Waals surface area contributed by atoms with Crippen molar-refractivity contribution >= 4 is 35.6 Å². The molecule has 326 valence electrons. The number of aliphatic imine (C=N–C) groups is 1. The standard InChI is InChI=1S/C49H56N4O9/c1-34-25-38-13-9-10-14-43(38)53(34)49(55)39-15-16-44(45(29-39)57-4)61-32-36-26-37(28-40(27-36)51-19-20-59-23-24-60-22-21-56-3)33-62-47-31-42(50-2)41(30-46(47)58-5)48(54)52-18-17-35-11-7-6-8-12-35/h6-16,26-31,34,51H,2,17-25,32-33H2,1,3-5H3,(H,52,54)/t34-/m1/s1. The van der Waals surface area contributed by atoms with Gasteiger partial charge in [0.2, 0.25) is 0 Å². The number of benzene rings is 5. The van der Waals surface area contributed by atoms with Crippen molar-refractivity contribution in [3.8, 4) is 23.0 Å². The van der Waals surface area contributed by atoms with Crippen molar-refractivity contribution in [2.75, 3.05) is 77.7 Å². The van der Waals surface area contributed by atoms with Gasteiger partial charge in [-0.05, 0) is 97.3 Å². The molecule has 0 saturated carbocycles. The summed E-state index contributed by atoms with van der Waals surface area (Å²) in [5.41, 5.74) is 6.95. The second-order valence-electron chi connectivity index (χ2n) is 14.7. The fraction of sp³-hybridized carbons (Fsp3) is 0.327. The molecule has 0 fully saturated rings. The molecule has 0 aromatic heterocycles. The summed E-state index contributed by atoms with van der Waals surface area (Å²) in [5.74, 6) is 1.34. The van der Waals surface area contributed by atoms with Crippen LogP contribution >= 0.6 is 0 Å². The number of carbonyl (C=O) groups excluding carboxylic acids is 2. The number of methoxy groups -OCH3 is 3. The molecule has 0 bridgehead atoms. The molecule has 13 nitrogen and oxygen atoms in total. The van der Waals surface area contributed by atoms with Gasteiger partial charge in [-0.25, -0.2) is 0 Å². The highest BCUT2D eigenvalue weighted by Gasteiger charge is 2.31. The number of hydrogen-bond acceptors (Lipinski definition) is 11. The average molecular weight is 845 g/mol. The Kier molecular flexibility index (Phi) is 16.7. The van der Waals surface area contributed by atoms with Gasteiger partial charge < -0.3 is 48.7 Å². The van der Waals surface area contributed by atoms with Gasteiger partial charge in [-0.3, -0.25) is 14.6 Å². The van der Waals surface area contributed by atoms with Crippen LogP contribution < -0.4 is 34.5 Å². The number of para-hydroxylation sites is 1. The average Bonchev–Trinajstić information content (AvgIpc) is 3.64. The molecule has 1 aliphatic heterocycles. The summed E-state index contributed by atoms with van der Waals surface area (Å²) in [5, 5.41) is 6.41. The monoisotopic (exact) mass is 844 g/mol. The minimum Gasteiger partial charge on any atom is -0.493 e. The Balaban J connectivity index is 1.15. The molecule has 1 atom stereocenters. The third-order valence-electron chi connectivity index (χ3n) is 10.3. The Labute approximate surface area is 363 Å². The van der Waals surface area contributed by atoms with Crippen LogP contribution in [0.25, 0.3) is 0 Å². The van der Waals surface area contributed by atoms with Gasteiger partial charge in [0.05, 0.1) is 58.5 Å². The van der Waals surface area contributed by atoms with Crippen molar-refractivity contribution in [1.29, 1.82) is 0 Å². The molecule has 13 heteroatoms. The van der Waals surface area contributed by atoms with Crippen molar-refractivity contribution in [2.45, 2.75) is 39.0 Å². The van der Waals surface area contributed by atoms with Gasteiger partial charge in [-0.15, -0.1) is 0 Å². The molecule has 5 aromatic rings. The topological polar surface area (TPSA) is 138 Å². The Morgan fingerprint density at radius 2 is 1.39 bits per heavy atom. The molecule has 0 aliphatic carbocycles. The first-order valence-electron chi connectivity index (χ1n) is 20.7. The predicted molar refractivity (Wildman–Crippen MR) is 241 cm³/mol. The van der Waals surface area contributed by atoms with Crippen molar-refractivity contribution in [3.05, 3.63) is 137 Å². The van der Waals surface area contributed by atoms with Crippen molar-refractivity contribution in [1.82, 2.24) is 5.32 Å². The zero-order valence-electron chi connectivity index (χ0n) is 35.9. The Bertz CT molecular complexity index is 2270. The zero-order chi connectivity index (χ0) is 43.7. The van der Waals surface area contributed by atoms with E-state index in [0.717, 1.165) is 40.0 Å². The number of nitrogens with zero attached hydrogens (tertiary/aromatic N) is 2. The summed E-state index contributed by atoms with van der Waals surface area (Å²) in [6.45, 7) is 9.58. The van der Waals surface area contributed by atoms with Crippen LogP contribution in [0.2, 0.25) is 0 Å². The first kappa shape index (κ1) is 45.1. The molecule has 6 rings (SSSR count). The van der Waals surface area contributed by atoms with Gasteiger partial charge in [-0.2, -0.15) is 0 Å². The number of nitrogens with one attached hydrogen (secondary N) is 2. The highest BCUT2D eigenvalue weighted by Crippen LogP contribution is 2.37. The molecule has 5 aromatic carbocycles. The van der Waals surface area contributed by atoms with Crippen molar-refractivity contribution in [3.63, 3.8) is 0 Å². The number of hydrogen-bond donors (Lipinski definition) is 2. The van der Waals surface area contributed by atoms with Crippen LogP contribution in [-0.4, -0.2) is 92.0 Å². The number of anilines is 2. The molecule has 2 amide bonds. The van der Waals surface area contributed by atoms with Gasteiger partial charge in [-0.1, -0.05) is 48.5 Å². The number of carbonyl (C=O) groups is 2. The van der Waals surface area contributed by atoms with E-state index in [1.165, 1.54) is 7.11 Å². The van der Waals surface area contributed by atoms with Crippen LogP contribution in [-0.2, 0) is 40.3 Å². The van der Waals surface area contributed by atoms with E-state index in [1.807, 2.05) is 71.6 Å². The fourth-order valence-electron chi connectivity index (χ4n) is 7.21. The van der Waals surface area contributed by atoms with E-state index in [4.69, 9.17) is 33.2 Å². The maximum Gasteiger partial charge on any atom is 0.258 e. The largest absolute Gasteiger partial charge is 0.493 e. The Hall–Kier alpha value is -6.41. The van der Waals surface area contributed by atoms with Crippen LogP contribution in [0.4, 0.5) is 17.1 Å². The number of ether oxygens (including phenoxy) is 7. The fourth-order valence-corrected chi connectivity index (χ4v) is 7.21. The lowest BCUT2D eigenvalue weighted by Crippen LogP contribution is -2.35. The summed E-state index contributed by atoms with van der Waals surface area (Å²) in [7, 11) is 4.72. The van der Waals surface area contributed by atoms with E-state index in [0.29, 0.717) is 92.4 Å². The zero-order valence-corrected chi connectivity index (χ0v) is 35.9. The van der Waals surface area contributed by atoms with E-state index in [2.05, 4.69) is 35.3 Å². The minimum atomic E-state index is -0.288. The predicted octanol–water partition coefficient (Wildman–Crippen LogP) is 7.85. The second-order valence-corrected chi connectivity index (χ2v) is 14.7. The number of fused-ring (bicyclic) bond motifs is 1. The summed E-state index contributed by atoms with van der Waals surface area (Å²) in [6, 6.07) is 32.5. The lowest BCUT2D eigenvalue weighted by Gasteiger charge is -2.23. The maximum absolute atomic E-state index is 13.8. The highest BCUT2D eigenvalue weighted by molar-refractivity contribution is 6.08. The van der Waals surface area contributed by atoms with Crippen LogP contribution in [0, 0.1) is 0 Å². The second kappa shape index (κ2) is 23.0. The van der Waals surface area contributed by atoms with E-state index >= 15 is 0 Å². The first-order valence-corrected chi connectivity index (χ1v) is 20.7. The van der Waals surface area contributed by atoms with Crippen LogP contribution in [0.5, 0.6) is 23.0 Å². The number of amides is 2. The van der Waals surface area contributed by atoms with Gasteiger partial charge in [0.25, 0.3) is 11.8 Å². The molecule has 0 saturated heterocycles. The first-order chi connectivity index (χ1) is 30.3. The summed E-state index contributed by atoms with van der Waals surface area (Å²) >= 11 is 0. The van der Waals surface area contributed by atoms with Gasteiger partial charge in [0.1, 0.15) is 13.2 Å². The van der Waals surface area contributed by atoms with Crippen molar-refractivity contribution < 1.29 is 42.7 Å². The smallest absolute Gasteiger partial charge is 0.258 e. The molecule has 0 unspecified atom stereocenters. The molecule has 62 heavy (non-hydrogen) atoms. The van der Waals surface area contributed by atoms with Gasteiger partial charge in [0.15, 0.2) is 23.0 Å². The summed E-state index contributed by atoms with van der Waals surface area (Å²) < 4.78 is 40.3. The summed E-state index contributed by atoms with van der Waals surface area (Å²) in [6.07, 6.45) is 1.49. The van der Waals surface area contributed by atoms with E-state index in [1.54, 1.807) is 44.6 Å². The van der Waals surface area contributed by atoms with E-state index < -0.39 is 0 Å². The molecule has 0 radical (unpaired) electrons. The highest BCUT2D eigenvalue weighted by atomic mass is 16.5. The molecular weight excluding hydrogens is 789 g/mol. The SMILES string of the molecule is C=Nc1cc(OCc2cc(COc3ccc(C(=O)N4c5ccccc5C[C@H]4C)cc3OC)cc(NCCOCCOCCOC)c2)c(OC)cc1C(=O)NCCc1ccccc1. The third-order valence-corrected chi connectivity index (χ3v) is 10.3. The van der Waals surface area contributed by atoms with E-state index in [9.17, 15) is 9.59 Å². The lowest BCUT2D eigenvalue weighted by molar-refractivity contribution is 0.0272. The van der Waals surface area contributed by atoms with Crippen LogP contribution in [0.1, 0.15) is 49.9 Å². The van der Waals surface area contributed by atoms with Crippen molar-refractivity contribution in [2.24, 2.45) is 4.99 Å². The van der Waals surface area contributed by atoms with E-state index in [-0.39, 0.29) is 31.1 Å². The lowest BCUT2D eigenvalue weighted by atomic mass is 10.1. The Morgan fingerprint density at radius 1 is 0.710 bits per heavy atom. The van der Waals surface area contributed by atoms with Crippen LogP contribution in [0.3, 0.4) is 0 Å². The third kappa shape index (κ3) is 12.1. The molecule has 0 spiro atoms. The molecular formula is C49H56N4O9.